The number of benzene rings is 1. The molecule has 2 nitrogen and oxygen atoms in total. The van der Waals surface area contributed by atoms with Crippen LogP contribution in [-0.4, -0.2) is 23.9 Å². The molecule has 0 radical (unpaired) electrons. The van der Waals surface area contributed by atoms with Gasteiger partial charge in [0.1, 0.15) is 0 Å². The largest absolute Gasteiger partial charge is 0.390 e. The first kappa shape index (κ1) is 12.2. The van der Waals surface area contributed by atoms with Gasteiger partial charge >= 0.3 is 0 Å². The van der Waals surface area contributed by atoms with Gasteiger partial charge in [-0.25, -0.2) is 0 Å². The Labute approximate surface area is 91.9 Å². The number of ether oxygens (including phenoxy) is 1. The van der Waals surface area contributed by atoms with Crippen LogP contribution in [-0.2, 0) is 11.2 Å². The summed E-state index contributed by atoms with van der Waals surface area (Å²) in [5.41, 5.74) is 2.39. The Hall–Kier alpha value is -0.860. The topological polar surface area (TPSA) is 29.5 Å². The number of hydrogen-bond donors (Lipinski definition) is 1. The molecular weight excluding hydrogens is 188 g/mol. The Kier molecular flexibility index (Phi) is 4.79. The monoisotopic (exact) mass is 208 g/mol. The number of rotatable bonds is 5. The van der Waals surface area contributed by atoms with Crippen molar-refractivity contribution in [3.8, 4) is 0 Å². The van der Waals surface area contributed by atoms with Crippen molar-refractivity contribution in [1.29, 1.82) is 0 Å². The molecular formula is C13H20O2. The third kappa shape index (κ3) is 4.96. The van der Waals surface area contributed by atoms with Crippen LogP contribution in [0.5, 0.6) is 0 Å². The summed E-state index contributed by atoms with van der Waals surface area (Å²) in [6.45, 7) is 6.41. The predicted octanol–water partition coefficient (Wildman–Crippen LogP) is 2.32. The van der Waals surface area contributed by atoms with E-state index in [-0.39, 0.29) is 6.10 Å². The molecule has 0 aliphatic carbocycles. The van der Waals surface area contributed by atoms with Crippen LogP contribution in [0.4, 0.5) is 0 Å². The van der Waals surface area contributed by atoms with Crippen LogP contribution in [0.3, 0.4) is 0 Å². The Bertz CT molecular complexity index is 294. The molecule has 0 aliphatic heterocycles. The van der Waals surface area contributed by atoms with Gasteiger partial charge in [0.15, 0.2) is 0 Å². The molecule has 1 aromatic carbocycles. The van der Waals surface area contributed by atoms with Gasteiger partial charge in [0.25, 0.3) is 0 Å². The summed E-state index contributed by atoms with van der Waals surface area (Å²) in [5.74, 6) is 0. The molecule has 1 atom stereocenters. The fourth-order valence-corrected chi connectivity index (χ4v) is 1.47. The summed E-state index contributed by atoms with van der Waals surface area (Å²) in [7, 11) is 0. The molecule has 0 aromatic heterocycles. The summed E-state index contributed by atoms with van der Waals surface area (Å²) in [6.07, 6.45) is 0.431. The van der Waals surface area contributed by atoms with Gasteiger partial charge in [0, 0.05) is 6.42 Å². The van der Waals surface area contributed by atoms with Crippen molar-refractivity contribution in [3.63, 3.8) is 0 Å². The van der Waals surface area contributed by atoms with Gasteiger partial charge < -0.3 is 9.84 Å². The number of aliphatic hydroxyl groups is 1. The van der Waals surface area contributed by atoms with Gasteiger partial charge in [0.2, 0.25) is 0 Å². The first-order chi connectivity index (χ1) is 7.08. The second-order valence-corrected chi connectivity index (χ2v) is 4.23. The molecule has 1 aromatic rings. The lowest BCUT2D eigenvalue weighted by atomic mass is 10.1. The Morgan fingerprint density at radius 3 is 2.67 bits per heavy atom. The number of aryl methyl sites for hydroxylation is 1. The zero-order valence-corrected chi connectivity index (χ0v) is 9.73. The average Bonchev–Trinajstić information content (AvgIpc) is 2.15. The second kappa shape index (κ2) is 5.89. The number of aliphatic hydroxyl groups excluding tert-OH is 1. The van der Waals surface area contributed by atoms with Crippen molar-refractivity contribution in [1.82, 2.24) is 0 Å². The summed E-state index contributed by atoms with van der Waals surface area (Å²) < 4.78 is 5.36. The first-order valence-corrected chi connectivity index (χ1v) is 5.43. The highest BCUT2D eigenvalue weighted by molar-refractivity contribution is 5.22. The van der Waals surface area contributed by atoms with E-state index >= 15 is 0 Å². The molecule has 0 saturated heterocycles. The summed E-state index contributed by atoms with van der Waals surface area (Å²) in [6, 6.07) is 8.20. The Morgan fingerprint density at radius 1 is 1.33 bits per heavy atom. The van der Waals surface area contributed by atoms with E-state index < -0.39 is 6.10 Å². The van der Waals surface area contributed by atoms with Crippen LogP contribution in [0.25, 0.3) is 0 Å². The van der Waals surface area contributed by atoms with Gasteiger partial charge in [0.05, 0.1) is 18.8 Å². The smallest absolute Gasteiger partial charge is 0.0814 e. The molecule has 0 fully saturated rings. The van der Waals surface area contributed by atoms with Crippen molar-refractivity contribution in [2.24, 2.45) is 0 Å². The first-order valence-electron chi connectivity index (χ1n) is 5.43. The summed E-state index contributed by atoms with van der Waals surface area (Å²) in [4.78, 5) is 0. The molecule has 0 spiro atoms. The standard InChI is InChI=1S/C13H20O2/c1-10(2)15-9-13(14)8-12-6-4-5-11(3)7-12/h4-7,10,13-14H,8-9H2,1-3H3. The van der Waals surface area contributed by atoms with E-state index in [9.17, 15) is 5.11 Å². The highest BCUT2D eigenvalue weighted by Gasteiger charge is 2.06. The molecule has 2 heteroatoms. The molecule has 84 valence electrons. The summed E-state index contributed by atoms with van der Waals surface area (Å²) in [5, 5.41) is 9.72. The SMILES string of the molecule is Cc1cccc(CC(O)COC(C)C)c1. The maximum Gasteiger partial charge on any atom is 0.0814 e. The maximum atomic E-state index is 9.72. The molecule has 1 N–H and O–H groups in total. The zero-order chi connectivity index (χ0) is 11.3. The third-order valence-electron chi connectivity index (χ3n) is 2.18. The van der Waals surface area contributed by atoms with Crippen LogP contribution in [0.2, 0.25) is 0 Å². The molecule has 0 bridgehead atoms. The molecule has 0 amide bonds. The van der Waals surface area contributed by atoms with Crippen molar-refractivity contribution in [2.75, 3.05) is 6.61 Å². The number of hydrogen-bond acceptors (Lipinski definition) is 2. The van der Waals surface area contributed by atoms with Crippen LogP contribution < -0.4 is 0 Å². The lowest BCUT2D eigenvalue weighted by Crippen LogP contribution is -2.20. The van der Waals surface area contributed by atoms with Gasteiger partial charge in [-0.1, -0.05) is 29.8 Å². The van der Waals surface area contributed by atoms with E-state index in [0.717, 1.165) is 5.56 Å². The minimum Gasteiger partial charge on any atom is -0.390 e. The van der Waals surface area contributed by atoms with E-state index in [4.69, 9.17) is 4.74 Å². The second-order valence-electron chi connectivity index (χ2n) is 4.23. The third-order valence-corrected chi connectivity index (χ3v) is 2.18. The maximum absolute atomic E-state index is 9.72. The average molecular weight is 208 g/mol. The van der Waals surface area contributed by atoms with Gasteiger partial charge in [-0.15, -0.1) is 0 Å². The highest BCUT2D eigenvalue weighted by atomic mass is 16.5. The Balaban J connectivity index is 2.40. The summed E-state index contributed by atoms with van der Waals surface area (Å²) >= 11 is 0. The quantitative estimate of drug-likeness (QED) is 0.804. The van der Waals surface area contributed by atoms with Crippen LogP contribution in [0, 0.1) is 6.92 Å². The highest BCUT2D eigenvalue weighted by Crippen LogP contribution is 2.07. The fourth-order valence-electron chi connectivity index (χ4n) is 1.47. The van der Waals surface area contributed by atoms with Gasteiger partial charge in [-0.2, -0.15) is 0 Å². The fraction of sp³-hybridized carbons (Fsp3) is 0.538. The lowest BCUT2D eigenvalue weighted by Gasteiger charge is -2.13. The van der Waals surface area contributed by atoms with E-state index in [0.29, 0.717) is 13.0 Å². The van der Waals surface area contributed by atoms with Gasteiger partial charge in [-0.05, 0) is 26.3 Å². The van der Waals surface area contributed by atoms with Crippen molar-refractivity contribution in [3.05, 3.63) is 35.4 Å². The molecule has 1 rings (SSSR count). The van der Waals surface area contributed by atoms with Crippen molar-refractivity contribution in [2.45, 2.75) is 39.4 Å². The molecule has 15 heavy (non-hydrogen) atoms. The van der Waals surface area contributed by atoms with Crippen LogP contribution in [0.15, 0.2) is 24.3 Å². The van der Waals surface area contributed by atoms with Gasteiger partial charge in [-0.3, -0.25) is 0 Å². The normalized spacial score (nSPS) is 13.1. The minimum atomic E-state index is -0.408. The van der Waals surface area contributed by atoms with E-state index in [1.54, 1.807) is 0 Å². The van der Waals surface area contributed by atoms with Crippen LogP contribution >= 0.6 is 0 Å². The molecule has 0 heterocycles. The van der Waals surface area contributed by atoms with E-state index in [1.807, 2.05) is 26.0 Å². The predicted molar refractivity (Wildman–Crippen MR) is 62.0 cm³/mol. The zero-order valence-electron chi connectivity index (χ0n) is 9.73. The molecule has 1 unspecified atom stereocenters. The van der Waals surface area contributed by atoms with Crippen molar-refractivity contribution < 1.29 is 9.84 Å². The minimum absolute atomic E-state index is 0.178. The lowest BCUT2D eigenvalue weighted by molar-refractivity contribution is 0.00621. The van der Waals surface area contributed by atoms with E-state index in [1.165, 1.54) is 5.56 Å². The Morgan fingerprint density at radius 2 is 2.07 bits per heavy atom. The van der Waals surface area contributed by atoms with E-state index in [2.05, 4.69) is 19.1 Å². The molecule has 0 aliphatic rings. The van der Waals surface area contributed by atoms with Crippen LogP contribution in [0.1, 0.15) is 25.0 Å². The van der Waals surface area contributed by atoms with Crippen molar-refractivity contribution >= 4 is 0 Å². The molecule has 0 saturated carbocycles.